The van der Waals surface area contributed by atoms with Crippen molar-refractivity contribution < 1.29 is 9.59 Å². The average molecular weight is 328 g/mol. The molecule has 0 saturated carbocycles. The molecule has 2 rings (SSSR count). The number of imidazole rings is 1. The molecule has 128 valence electrons. The lowest BCUT2D eigenvalue weighted by Gasteiger charge is -2.19. The smallest absolute Gasteiger partial charge is 0.242 e. The summed E-state index contributed by atoms with van der Waals surface area (Å²) in [5.74, 6) is 0.641. The van der Waals surface area contributed by atoms with Crippen LogP contribution in [-0.4, -0.2) is 27.4 Å². The van der Waals surface area contributed by atoms with Crippen LogP contribution in [0.2, 0.25) is 0 Å². The molecule has 0 saturated heterocycles. The first-order chi connectivity index (χ1) is 11.5. The fourth-order valence-corrected chi connectivity index (χ4v) is 2.53. The first-order valence-corrected chi connectivity index (χ1v) is 8.10. The van der Waals surface area contributed by atoms with Crippen LogP contribution in [0.15, 0.2) is 42.7 Å². The number of para-hydroxylation sites is 1. The molecule has 0 spiro atoms. The van der Waals surface area contributed by atoms with Crippen LogP contribution in [0, 0.1) is 5.92 Å². The van der Waals surface area contributed by atoms with Crippen molar-refractivity contribution in [2.24, 2.45) is 5.92 Å². The molecule has 0 aliphatic heterocycles. The highest BCUT2D eigenvalue weighted by molar-refractivity contribution is 5.86. The van der Waals surface area contributed by atoms with E-state index in [0.717, 1.165) is 11.5 Å². The van der Waals surface area contributed by atoms with Gasteiger partial charge in [-0.15, -0.1) is 0 Å². The first-order valence-electron chi connectivity index (χ1n) is 8.10. The van der Waals surface area contributed by atoms with Crippen LogP contribution in [0.4, 0.5) is 0 Å². The number of benzene rings is 1. The SMILES string of the molecule is CC(=O)N[C@@H](CC(C)C)C(=O)NCc1nccn1-c1ccccc1. The van der Waals surface area contributed by atoms with E-state index in [4.69, 9.17) is 0 Å². The lowest BCUT2D eigenvalue weighted by atomic mass is 10.0. The highest BCUT2D eigenvalue weighted by atomic mass is 16.2. The molecule has 0 bridgehead atoms. The molecule has 1 aromatic carbocycles. The molecule has 2 amide bonds. The normalized spacial score (nSPS) is 12.0. The van der Waals surface area contributed by atoms with Gasteiger partial charge in [0.2, 0.25) is 11.8 Å². The van der Waals surface area contributed by atoms with Crippen molar-refractivity contribution in [2.75, 3.05) is 0 Å². The van der Waals surface area contributed by atoms with Gasteiger partial charge in [-0.25, -0.2) is 4.98 Å². The highest BCUT2D eigenvalue weighted by Gasteiger charge is 2.20. The molecule has 24 heavy (non-hydrogen) atoms. The van der Waals surface area contributed by atoms with E-state index in [1.54, 1.807) is 6.20 Å². The molecule has 0 radical (unpaired) electrons. The number of rotatable bonds is 7. The van der Waals surface area contributed by atoms with Gasteiger partial charge in [0, 0.05) is 25.0 Å². The lowest BCUT2D eigenvalue weighted by Crippen LogP contribution is -2.46. The summed E-state index contributed by atoms with van der Waals surface area (Å²) in [4.78, 5) is 28.0. The van der Waals surface area contributed by atoms with Gasteiger partial charge in [0.25, 0.3) is 0 Å². The van der Waals surface area contributed by atoms with Gasteiger partial charge in [0.15, 0.2) is 0 Å². The third-order valence-corrected chi connectivity index (χ3v) is 3.57. The van der Waals surface area contributed by atoms with Crippen LogP contribution < -0.4 is 10.6 Å². The van der Waals surface area contributed by atoms with E-state index in [0.29, 0.717) is 18.9 Å². The second-order valence-electron chi connectivity index (χ2n) is 6.15. The van der Waals surface area contributed by atoms with E-state index in [-0.39, 0.29) is 11.8 Å². The van der Waals surface area contributed by atoms with Crippen molar-refractivity contribution >= 4 is 11.8 Å². The van der Waals surface area contributed by atoms with Gasteiger partial charge in [0.1, 0.15) is 11.9 Å². The van der Waals surface area contributed by atoms with Gasteiger partial charge in [-0.3, -0.25) is 9.59 Å². The van der Waals surface area contributed by atoms with Crippen LogP contribution in [0.5, 0.6) is 0 Å². The first kappa shape index (κ1) is 17.7. The maximum atomic E-state index is 12.4. The summed E-state index contributed by atoms with van der Waals surface area (Å²) < 4.78 is 1.93. The molecule has 1 atom stereocenters. The molecular formula is C18H24N4O2. The lowest BCUT2D eigenvalue weighted by molar-refractivity contribution is -0.128. The molecule has 2 aromatic rings. The zero-order chi connectivity index (χ0) is 17.5. The number of nitrogens with one attached hydrogen (secondary N) is 2. The third kappa shape index (κ3) is 4.94. The Bertz CT molecular complexity index is 679. The minimum atomic E-state index is -0.525. The maximum absolute atomic E-state index is 12.4. The van der Waals surface area contributed by atoms with Gasteiger partial charge < -0.3 is 15.2 Å². The largest absolute Gasteiger partial charge is 0.347 e. The van der Waals surface area contributed by atoms with Crippen molar-refractivity contribution in [1.29, 1.82) is 0 Å². The monoisotopic (exact) mass is 328 g/mol. The number of amides is 2. The zero-order valence-corrected chi connectivity index (χ0v) is 14.3. The molecule has 6 nitrogen and oxygen atoms in total. The Balaban J connectivity index is 2.03. The van der Waals surface area contributed by atoms with Crippen LogP contribution >= 0.6 is 0 Å². The molecule has 0 unspecified atom stereocenters. The van der Waals surface area contributed by atoms with Gasteiger partial charge in [-0.05, 0) is 24.5 Å². The summed E-state index contributed by atoms with van der Waals surface area (Å²) in [6.07, 6.45) is 4.16. The van der Waals surface area contributed by atoms with E-state index in [1.165, 1.54) is 6.92 Å². The molecular weight excluding hydrogens is 304 g/mol. The predicted molar refractivity (Wildman–Crippen MR) is 92.5 cm³/mol. The summed E-state index contributed by atoms with van der Waals surface area (Å²) in [7, 11) is 0. The molecule has 0 fully saturated rings. The van der Waals surface area contributed by atoms with Crippen molar-refractivity contribution in [2.45, 2.75) is 39.8 Å². The molecule has 1 aromatic heterocycles. The predicted octanol–water partition coefficient (Wildman–Crippen LogP) is 2.04. The Morgan fingerprint density at radius 2 is 1.92 bits per heavy atom. The fraction of sp³-hybridized carbons (Fsp3) is 0.389. The Kier molecular flexibility index (Phi) is 6.12. The summed E-state index contributed by atoms with van der Waals surface area (Å²) in [6, 6.07) is 9.28. The van der Waals surface area contributed by atoms with Crippen LogP contribution in [0.25, 0.3) is 5.69 Å². The van der Waals surface area contributed by atoms with Gasteiger partial charge in [-0.2, -0.15) is 0 Å². The molecule has 2 N–H and O–H groups in total. The topological polar surface area (TPSA) is 76.0 Å². The Hall–Kier alpha value is -2.63. The van der Waals surface area contributed by atoms with Crippen LogP contribution in [0.3, 0.4) is 0 Å². The van der Waals surface area contributed by atoms with Crippen molar-refractivity contribution in [3.63, 3.8) is 0 Å². The van der Waals surface area contributed by atoms with E-state index in [1.807, 2.05) is 54.9 Å². The van der Waals surface area contributed by atoms with E-state index in [2.05, 4.69) is 15.6 Å². The Labute approximate surface area is 142 Å². The number of carbonyl (C=O) groups is 2. The minimum Gasteiger partial charge on any atom is -0.347 e. The van der Waals surface area contributed by atoms with E-state index < -0.39 is 6.04 Å². The fourth-order valence-electron chi connectivity index (χ4n) is 2.53. The zero-order valence-electron chi connectivity index (χ0n) is 14.3. The van der Waals surface area contributed by atoms with Crippen molar-refractivity contribution in [1.82, 2.24) is 20.2 Å². The average Bonchev–Trinajstić information content (AvgIpc) is 3.00. The summed E-state index contributed by atoms with van der Waals surface area (Å²) >= 11 is 0. The van der Waals surface area contributed by atoms with Gasteiger partial charge in [-0.1, -0.05) is 32.0 Å². The minimum absolute atomic E-state index is 0.193. The number of hydrogen-bond acceptors (Lipinski definition) is 3. The summed E-state index contributed by atoms with van der Waals surface area (Å²) in [5.41, 5.74) is 0.986. The maximum Gasteiger partial charge on any atom is 0.242 e. The third-order valence-electron chi connectivity index (χ3n) is 3.57. The second-order valence-corrected chi connectivity index (χ2v) is 6.15. The van der Waals surface area contributed by atoms with E-state index in [9.17, 15) is 9.59 Å². The number of aromatic nitrogens is 2. The Morgan fingerprint density at radius 3 is 2.54 bits per heavy atom. The number of carbonyl (C=O) groups excluding carboxylic acids is 2. The van der Waals surface area contributed by atoms with Gasteiger partial charge >= 0.3 is 0 Å². The molecule has 0 aliphatic rings. The van der Waals surface area contributed by atoms with Crippen molar-refractivity contribution in [3.05, 3.63) is 48.5 Å². The Morgan fingerprint density at radius 1 is 1.21 bits per heavy atom. The van der Waals surface area contributed by atoms with E-state index >= 15 is 0 Å². The molecule has 0 aliphatic carbocycles. The molecule has 1 heterocycles. The standard InChI is InChI=1S/C18H24N4O2/c1-13(2)11-16(21-14(3)23)18(24)20-12-17-19-9-10-22(17)15-7-5-4-6-8-15/h4-10,13,16H,11-12H2,1-3H3,(H,20,24)(H,21,23)/t16-/m0/s1. The quantitative estimate of drug-likeness (QED) is 0.816. The summed E-state index contributed by atoms with van der Waals surface area (Å²) in [6.45, 7) is 5.76. The summed E-state index contributed by atoms with van der Waals surface area (Å²) in [5, 5.41) is 5.58. The number of nitrogens with zero attached hydrogens (tertiary/aromatic N) is 2. The van der Waals surface area contributed by atoms with Crippen molar-refractivity contribution in [3.8, 4) is 5.69 Å². The molecule has 6 heteroatoms. The van der Waals surface area contributed by atoms with Crippen LogP contribution in [0.1, 0.15) is 33.0 Å². The highest BCUT2D eigenvalue weighted by Crippen LogP contribution is 2.10. The van der Waals surface area contributed by atoms with Gasteiger partial charge in [0.05, 0.1) is 6.54 Å². The number of hydrogen-bond donors (Lipinski definition) is 2. The second kappa shape index (κ2) is 8.29. The van der Waals surface area contributed by atoms with Crippen LogP contribution in [-0.2, 0) is 16.1 Å².